The molecule has 9 aromatic rings. The highest BCUT2D eigenvalue weighted by atomic mass is 16.3. The van der Waals surface area contributed by atoms with Crippen molar-refractivity contribution in [1.29, 1.82) is 0 Å². The van der Waals surface area contributed by atoms with E-state index in [9.17, 15) is 0 Å². The minimum absolute atomic E-state index is 0.753. The number of oxazole rings is 2. The Hall–Kier alpha value is -6.20. The zero-order valence-corrected chi connectivity index (χ0v) is 24.1. The van der Waals surface area contributed by atoms with E-state index in [-0.39, 0.29) is 0 Å². The van der Waals surface area contributed by atoms with E-state index in [1.165, 1.54) is 34.3 Å². The van der Waals surface area contributed by atoms with Crippen molar-refractivity contribution in [3.63, 3.8) is 0 Å². The van der Waals surface area contributed by atoms with Gasteiger partial charge >= 0.3 is 0 Å². The van der Waals surface area contributed by atoms with Gasteiger partial charge in [-0.2, -0.15) is 0 Å². The van der Waals surface area contributed by atoms with Crippen LogP contribution in [0.25, 0.3) is 83.2 Å². The van der Waals surface area contributed by atoms with Gasteiger partial charge in [0.05, 0.1) is 29.1 Å². The van der Waals surface area contributed by atoms with Crippen molar-refractivity contribution in [2.45, 2.75) is 0 Å². The van der Waals surface area contributed by atoms with Gasteiger partial charge in [0.1, 0.15) is 0 Å². The molecule has 0 bridgehead atoms. The Balaban J connectivity index is 1.29. The van der Waals surface area contributed by atoms with Crippen molar-refractivity contribution in [3.05, 3.63) is 153 Å². The summed E-state index contributed by atoms with van der Waals surface area (Å²) in [7, 11) is 0. The summed E-state index contributed by atoms with van der Waals surface area (Å²) < 4.78 is 13.6. The lowest BCUT2D eigenvalue weighted by Gasteiger charge is -2.13. The molecule has 0 N–H and O–H groups in total. The quantitative estimate of drug-likeness (QED) is 0.204. The van der Waals surface area contributed by atoms with E-state index in [2.05, 4.69) is 142 Å². The minimum Gasteiger partial charge on any atom is -0.444 e. The summed E-state index contributed by atoms with van der Waals surface area (Å²) in [4.78, 5) is 8.21. The van der Waals surface area contributed by atoms with E-state index in [1.54, 1.807) is 12.4 Å². The van der Waals surface area contributed by atoms with Crippen LogP contribution >= 0.6 is 0 Å². The molecule has 0 fully saturated rings. The number of hydrogen-bond acceptors (Lipinski definition) is 4. The van der Waals surface area contributed by atoms with E-state index >= 15 is 0 Å². The molecular weight excluding hydrogens is 554 g/mol. The first-order chi connectivity index (χ1) is 22.3. The Morgan fingerprint density at radius 1 is 0.422 bits per heavy atom. The van der Waals surface area contributed by atoms with Crippen molar-refractivity contribution < 1.29 is 8.83 Å². The van der Waals surface area contributed by atoms with E-state index in [1.807, 2.05) is 0 Å². The van der Waals surface area contributed by atoms with E-state index in [4.69, 9.17) is 8.83 Å². The third kappa shape index (κ3) is 4.25. The number of nitrogens with zero attached hydrogens (tertiary/aromatic N) is 3. The molecular formula is C40H25N3O2. The molecule has 0 saturated carbocycles. The smallest absolute Gasteiger partial charge is 0.181 e. The van der Waals surface area contributed by atoms with Crippen LogP contribution in [0.5, 0.6) is 0 Å². The van der Waals surface area contributed by atoms with Crippen LogP contribution in [0.2, 0.25) is 0 Å². The summed E-state index contributed by atoms with van der Waals surface area (Å²) in [6.07, 6.45) is 6.43. The Bertz CT molecular complexity index is 2350. The van der Waals surface area contributed by atoms with Crippen LogP contribution in [0.3, 0.4) is 0 Å². The molecule has 0 spiro atoms. The fraction of sp³-hybridized carbons (Fsp3) is 0. The number of hydrogen-bond donors (Lipinski definition) is 0. The maximum absolute atomic E-state index is 5.59. The van der Waals surface area contributed by atoms with Crippen molar-refractivity contribution in [3.8, 4) is 50.6 Å². The van der Waals surface area contributed by atoms with Crippen molar-refractivity contribution in [2.24, 2.45) is 0 Å². The molecule has 0 aliphatic rings. The molecule has 6 aromatic carbocycles. The summed E-state index contributed by atoms with van der Waals surface area (Å²) >= 11 is 0. The second-order valence-corrected chi connectivity index (χ2v) is 11.2. The van der Waals surface area contributed by atoms with E-state index < -0.39 is 0 Å². The molecule has 5 heteroatoms. The van der Waals surface area contributed by atoms with Gasteiger partial charge in [-0.25, -0.2) is 9.97 Å². The lowest BCUT2D eigenvalue weighted by Crippen LogP contribution is -1.96. The molecule has 0 amide bonds. The molecule has 3 heterocycles. The highest BCUT2D eigenvalue weighted by Gasteiger charge is 2.17. The summed E-state index contributed by atoms with van der Waals surface area (Å²) in [5, 5.41) is 4.82. The SMILES string of the molecule is c1cc(-c2ccc3c4ccc(-c5cccc(-c6cnco6)c5)cc4n(-c4cccc5ccccc45)c3c2)cc(-c2cnco2)c1. The summed E-state index contributed by atoms with van der Waals surface area (Å²) in [5.41, 5.74) is 9.94. The van der Waals surface area contributed by atoms with Gasteiger partial charge in [0.25, 0.3) is 0 Å². The normalized spacial score (nSPS) is 11.6. The molecule has 0 unspecified atom stereocenters. The first-order valence-corrected chi connectivity index (χ1v) is 14.9. The molecule has 0 aliphatic carbocycles. The molecule has 0 atom stereocenters. The second kappa shape index (κ2) is 10.2. The Morgan fingerprint density at radius 3 is 1.51 bits per heavy atom. The molecule has 5 nitrogen and oxygen atoms in total. The van der Waals surface area contributed by atoms with Gasteiger partial charge in [-0.3, -0.25) is 0 Å². The first kappa shape index (κ1) is 25.3. The molecule has 45 heavy (non-hydrogen) atoms. The first-order valence-electron chi connectivity index (χ1n) is 14.9. The standard InChI is InChI=1S/C40H25N3O2/c1-2-12-33-26(6-1)7-5-13-36(33)43-37-20-29(27-8-3-10-31(18-27)39-22-41-24-44-39)14-16-34(37)35-17-15-30(21-38(35)43)28-9-4-11-32(19-28)40-23-42-25-45-40/h1-25H. The van der Waals surface area contributed by atoms with Crippen LogP contribution in [0, 0.1) is 0 Å². The zero-order valence-electron chi connectivity index (χ0n) is 24.1. The minimum atomic E-state index is 0.753. The molecule has 212 valence electrons. The van der Waals surface area contributed by atoms with Crippen LogP contribution in [0.1, 0.15) is 0 Å². The average molecular weight is 580 g/mol. The average Bonchev–Trinajstić information content (AvgIpc) is 3.89. The summed E-state index contributed by atoms with van der Waals surface area (Å²) in [5.74, 6) is 1.51. The fourth-order valence-corrected chi connectivity index (χ4v) is 6.46. The highest BCUT2D eigenvalue weighted by molar-refractivity contribution is 6.12. The third-order valence-corrected chi connectivity index (χ3v) is 8.60. The Morgan fingerprint density at radius 2 is 0.933 bits per heavy atom. The van der Waals surface area contributed by atoms with Gasteiger partial charge in [0.15, 0.2) is 24.3 Å². The largest absolute Gasteiger partial charge is 0.444 e. The van der Waals surface area contributed by atoms with Crippen molar-refractivity contribution in [2.75, 3.05) is 0 Å². The van der Waals surface area contributed by atoms with Crippen LogP contribution in [-0.4, -0.2) is 14.5 Å². The van der Waals surface area contributed by atoms with E-state index in [0.29, 0.717) is 0 Å². The predicted octanol–water partition coefficient (Wildman–Crippen LogP) is 10.6. The monoisotopic (exact) mass is 579 g/mol. The van der Waals surface area contributed by atoms with Gasteiger partial charge in [0, 0.05) is 27.3 Å². The van der Waals surface area contributed by atoms with Gasteiger partial charge in [0.2, 0.25) is 0 Å². The molecule has 0 radical (unpaired) electrons. The lowest BCUT2D eigenvalue weighted by atomic mass is 9.99. The maximum atomic E-state index is 5.59. The fourth-order valence-electron chi connectivity index (χ4n) is 6.46. The predicted molar refractivity (Wildman–Crippen MR) is 180 cm³/mol. The Labute approximate surface area is 258 Å². The van der Waals surface area contributed by atoms with Gasteiger partial charge in [-0.05, 0) is 58.0 Å². The highest BCUT2D eigenvalue weighted by Crippen LogP contribution is 2.39. The van der Waals surface area contributed by atoms with Gasteiger partial charge in [-0.1, -0.05) is 97.1 Å². The van der Waals surface area contributed by atoms with Crippen LogP contribution in [0.4, 0.5) is 0 Å². The molecule has 3 aromatic heterocycles. The van der Waals surface area contributed by atoms with Gasteiger partial charge < -0.3 is 13.4 Å². The zero-order chi connectivity index (χ0) is 29.7. The molecule has 0 aliphatic heterocycles. The molecule has 0 saturated heterocycles. The Kier molecular flexibility index (Phi) is 5.74. The third-order valence-electron chi connectivity index (χ3n) is 8.60. The summed E-state index contributed by atoms with van der Waals surface area (Å²) in [6, 6.07) is 45.5. The van der Waals surface area contributed by atoms with Crippen LogP contribution in [0.15, 0.2) is 161 Å². The molecule has 9 rings (SSSR count). The number of aromatic nitrogens is 3. The topological polar surface area (TPSA) is 57.0 Å². The second-order valence-electron chi connectivity index (χ2n) is 11.2. The van der Waals surface area contributed by atoms with Crippen LogP contribution in [-0.2, 0) is 0 Å². The lowest BCUT2D eigenvalue weighted by molar-refractivity contribution is 0.571. The van der Waals surface area contributed by atoms with Crippen molar-refractivity contribution >= 4 is 32.6 Å². The van der Waals surface area contributed by atoms with Gasteiger partial charge in [-0.15, -0.1) is 0 Å². The van der Waals surface area contributed by atoms with Crippen molar-refractivity contribution in [1.82, 2.24) is 14.5 Å². The van der Waals surface area contributed by atoms with Crippen LogP contribution < -0.4 is 0 Å². The number of benzene rings is 6. The summed E-state index contributed by atoms with van der Waals surface area (Å²) in [6.45, 7) is 0. The number of fused-ring (bicyclic) bond motifs is 4. The number of rotatable bonds is 5. The van der Waals surface area contributed by atoms with E-state index in [0.717, 1.165) is 61.6 Å². The maximum Gasteiger partial charge on any atom is 0.181 e.